The molecular formula is C12H18N4O2S. The maximum Gasteiger partial charge on any atom is 0.268 e. The molecule has 0 saturated carbocycles. The number of carbonyl (C=O) groups excluding carboxylic acids is 1. The van der Waals surface area contributed by atoms with Crippen LogP contribution in [-0.4, -0.2) is 49.1 Å². The molecule has 0 fully saturated rings. The van der Waals surface area contributed by atoms with Gasteiger partial charge in [-0.25, -0.2) is 4.98 Å². The van der Waals surface area contributed by atoms with Gasteiger partial charge in [-0.15, -0.1) is 0 Å². The van der Waals surface area contributed by atoms with Crippen LogP contribution in [0.2, 0.25) is 0 Å². The first-order chi connectivity index (χ1) is 9.22. The number of methoxy groups -OCH3 is 1. The maximum atomic E-state index is 12.3. The fraction of sp³-hybridized carbons (Fsp3) is 0.500. The minimum absolute atomic E-state index is 0.0425. The number of carbonyl (C=O) groups is 1. The number of aromatic nitrogens is 1. The Morgan fingerprint density at radius 2 is 2.47 bits per heavy atom. The van der Waals surface area contributed by atoms with E-state index in [1.54, 1.807) is 12.0 Å². The number of nitrogens with one attached hydrogen (secondary N) is 1. The van der Waals surface area contributed by atoms with E-state index in [1.165, 1.54) is 11.3 Å². The highest BCUT2D eigenvalue weighted by Crippen LogP contribution is 2.26. The van der Waals surface area contributed by atoms with Crippen LogP contribution in [0.15, 0.2) is 12.2 Å². The van der Waals surface area contributed by atoms with E-state index < -0.39 is 0 Å². The zero-order valence-electron chi connectivity index (χ0n) is 10.9. The first-order valence-electron chi connectivity index (χ1n) is 6.15. The summed E-state index contributed by atoms with van der Waals surface area (Å²) >= 11 is 1.29. The predicted molar refractivity (Wildman–Crippen MR) is 76.6 cm³/mol. The molecule has 2 rings (SSSR count). The SMILES string of the molecule is COCCNc1nc(N)c(C(=O)N2CC=CCC2)s1. The topological polar surface area (TPSA) is 80.5 Å². The molecule has 0 saturated heterocycles. The second kappa shape index (κ2) is 6.53. The van der Waals surface area contributed by atoms with Crippen molar-refractivity contribution in [3.05, 3.63) is 17.0 Å². The lowest BCUT2D eigenvalue weighted by molar-refractivity contribution is 0.0776. The Labute approximate surface area is 116 Å². The number of ether oxygens (including phenoxy) is 1. The molecule has 6 nitrogen and oxygen atoms in total. The van der Waals surface area contributed by atoms with Crippen LogP contribution in [-0.2, 0) is 4.74 Å². The molecule has 0 aromatic carbocycles. The first-order valence-corrected chi connectivity index (χ1v) is 6.97. The lowest BCUT2D eigenvalue weighted by Crippen LogP contribution is -2.33. The van der Waals surface area contributed by atoms with Gasteiger partial charge in [-0.1, -0.05) is 23.5 Å². The molecule has 1 aromatic heterocycles. The van der Waals surface area contributed by atoms with Crippen LogP contribution in [0.5, 0.6) is 0 Å². The second-order valence-corrected chi connectivity index (χ2v) is 5.16. The molecule has 0 radical (unpaired) electrons. The first kappa shape index (κ1) is 13.8. The van der Waals surface area contributed by atoms with Gasteiger partial charge in [0.25, 0.3) is 5.91 Å². The van der Waals surface area contributed by atoms with Gasteiger partial charge in [0.05, 0.1) is 6.61 Å². The molecule has 2 heterocycles. The highest BCUT2D eigenvalue weighted by Gasteiger charge is 2.22. The minimum Gasteiger partial charge on any atom is -0.383 e. The van der Waals surface area contributed by atoms with E-state index >= 15 is 0 Å². The molecule has 1 aliphatic rings. The van der Waals surface area contributed by atoms with E-state index in [2.05, 4.69) is 16.4 Å². The van der Waals surface area contributed by atoms with Gasteiger partial charge < -0.3 is 20.7 Å². The van der Waals surface area contributed by atoms with Crippen LogP contribution < -0.4 is 11.1 Å². The van der Waals surface area contributed by atoms with Gasteiger partial charge in [0, 0.05) is 26.7 Å². The van der Waals surface area contributed by atoms with Crippen molar-refractivity contribution in [3.63, 3.8) is 0 Å². The van der Waals surface area contributed by atoms with E-state index in [0.717, 1.165) is 13.0 Å². The van der Waals surface area contributed by atoms with Gasteiger partial charge >= 0.3 is 0 Å². The van der Waals surface area contributed by atoms with Crippen molar-refractivity contribution in [1.82, 2.24) is 9.88 Å². The highest BCUT2D eigenvalue weighted by atomic mass is 32.1. The second-order valence-electron chi connectivity index (χ2n) is 4.16. The van der Waals surface area contributed by atoms with E-state index in [-0.39, 0.29) is 5.91 Å². The monoisotopic (exact) mass is 282 g/mol. The smallest absolute Gasteiger partial charge is 0.268 e. The molecular weight excluding hydrogens is 264 g/mol. The van der Waals surface area contributed by atoms with Crippen molar-refractivity contribution in [2.24, 2.45) is 0 Å². The average molecular weight is 282 g/mol. The standard InChI is InChI=1S/C12H18N4O2S/c1-18-8-5-14-12-15-10(13)9(19-12)11(17)16-6-3-2-4-7-16/h2-3H,4-8,13H2,1H3,(H,14,15). The van der Waals surface area contributed by atoms with Gasteiger partial charge in [0.2, 0.25) is 0 Å². The Morgan fingerprint density at radius 3 is 3.16 bits per heavy atom. The molecule has 7 heteroatoms. The van der Waals surface area contributed by atoms with Crippen molar-refractivity contribution < 1.29 is 9.53 Å². The van der Waals surface area contributed by atoms with Gasteiger partial charge in [0.1, 0.15) is 10.7 Å². The summed E-state index contributed by atoms with van der Waals surface area (Å²) in [4.78, 5) is 18.7. The number of hydrogen-bond donors (Lipinski definition) is 2. The summed E-state index contributed by atoms with van der Waals surface area (Å²) < 4.78 is 4.94. The maximum absolute atomic E-state index is 12.3. The molecule has 0 spiro atoms. The summed E-state index contributed by atoms with van der Waals surface area (Å²) in [5.41, 5.74) is 5.82. The molecule has 3 N–H and O–H groups in total. The third-order valence-corrected chi connectivity index (χ3v) is 3.79. The van der Waals surface area contributed by atoms with Crippen LogP contribution in [0.3, 0.4) is 0 Å². The molecule has 0 bridgehead atoms. The van der Waals surface area contributed by atoms with Gasteiger partial charge in [-0.2, -0.15) is 0 Å². The van der Waals surface area contributed by atoms with E-state index in [9.17, 15) is 4.79 Å². The summed E-state index contributed by atoms with van der Waals surface area (Å²) in [5.74, 6) is 0.253. The number of nitrogens with two attached hydrogens (primary N) is 1. The van der Waals surface area contributed by atoms with Crippen LogP contribution >= 0.6 is 11.3 Å². The molecule has 19 heavy (non-hydrogen) atoms. The molecule has 0 aliphatic carbocycles. The Bertz CT molecular complexity index is 472. The molecule has 1 amide bonds. The Balaban J connectivity index is 2.02. The molecule has 0 unspecified atom stereocenters. The zero-order valence-corrected chi connectivity index (χ0v) is 11.7. The Morgan fingerprint density at radius 1 is 1.63 bits per heavy atom. The lowest BCUT2D eigenvalue weighted by atomic mass is 10.2. The van der Waals surface area contributed by atoms with Crippen molar-refractivity contribution in [1.29, 1.82) is 0 Å². The van der Waals surface area contributed by atoms with Crippen LogP contribution in [0.25, 0.3) is 0 Å². The van der Waals surface area contributed by atoms with E-state index in [4.69, 9.17) is 10.5 Å². The number of thiazole rings is 1. The fourth-order valence-electron chi connectivity index (χ4n) is 1.79. The van der Waals surface area contributed by atoms with Gasteiger partial charge in [-0.3, -0.25) is 4.79 Å². The van der Waals surface area contributed by atoms with Crippen LogP contribution in [0.4, 0.5) is 10.9 Å². The zero-order chi connectivity index (χ0) is 13.7. The average Bonchev–Trinajstić information content (AvgIpc) is 2.80. The summed E-state index contributed by atoms with van der Waals surface area (Å²) in [6.45, 7) is 2.60. The van der Waals surface area contributed by atoms with Crippen LogP contribution in [0, 0.1) is 0 Å². The molecule has 1 aromatic rings. The lowest BCUT2D eigenvalue weighted by Gasteiger charge is -2.22. The quantitative estimate of drug-likeness (QED) is 0.626. The van der Waals surface area contributed by atoms with Crippen LogP contribution in [0.1, 0.15) is 16.1 Å². The third kappa shape index (κ3) is 3.45. The normalized spacial score (nSPS) is 14.7. The number of rotatable bonds is 5. The summed E-state index contributed by atoms with van der Waals surface area (Å²) in [5, 5.41) is 3.74. The fourth-order valence-corrected chi connectivity index (χ4v) is 2.67. The third-order valence-electron chi connectivity index (χ3n) is 2.78. The van der Waals surface area contributed by atoms with Crippen molar-refractivity contribution in [2.75, 3.05) is 44.4 Å². The Kier molecular flexibility index (Phi) is 4.75. The summed E-state index contributed by atoms with van der Waals surface area (Å²) in [6.07, 6.45) is 4.97. The predicted octanol–water partition coefficient (Wildman–Crippen LogP) is 1.19. The summed E-state index contributed by atoms with van der Waals surface area (Å²) in [7, 11) is 1.64. The number of hydrogen-bond acceptors (Lipinski definition) is 6. The van der Waals surface area contributed by atoms with Crippen molar-refractivity contribution >= 4 is 28.2 Å². The molecule has 104 valence electrons. The number of nitrogen functional groups attached to an aromatic ring is 1. The van der Waals surface area contributed by atoms with Gasteiger partial charge in [-0.05, 0) is 6.42 Å². The summed E-state index contributed by atoms with van der Waals surface area (Å²) in [6, 6.07) is 0. The molecule has 0 atom stereocenters. The minimum atomic E-state index is -0.0425. The van der Waals surface area contributed by atoms with E-state index in [1.807, 2.05) is 6.08 Å². The van der Waals surface area contributed by atoms with Crippen molar-refractivity contribution in [3.8, 4) is 0 Å². The van der Waals surface area contributed by atoms with Crippen molar-refractivity contribution in [2.45, 2.75) is 6.42 Å². The number of anilines is 2. The Hall–Kier alpha value is -1.60. The largest absolute Gasteiger partial charge is 0.383 e. The number of amides is 1. The molecule has 1 aliphatic heterocycles. The van der Waals surface area contributed by atoms with Gasteiger partial charge in [0.15, 0.2) is 5.13 Å². The van der Waals surface area contributed by atoms with E-state index in [0.29, 0.717) is 35.5 Å². The highest BCUT2D eigenvalue weighted by molar-refractivity contribution is 7.18. The number of nitrogens with zero attached hydrogens (tertiary/aromatic N) is 2.